The van der Waals surface area contributed by atoms with E-state index in [9.17, 15) is 9.90 Å². The molecule has 0 aromatic heterocycles. The highest BCUT2D eigenvalue weighted by molar-refractivity contribution is 14.1. The number of hydrogen-bond acceptors (Lipinski definition) is 3. The van der Waals surface area contributed by atoms with E-state index in [1.54, 1.807) is 24.3 Å². The first-order chi connectivity index (χ1) is 10.5. The fourth-order valence-corrected chi connectivity index (χ4v) is 3.92. The normalized spacial score (nSPS) is 10.3. The van der Waals surface area contributed by atoms with Gasteiger partial charge in [0.05, 0.1) is 7.14 Å². The van der Waals surface area contributed by atoms with Gasteiger partial charge in [0, 0.05) is 4.79 Å². The zero-order valence-corrected chi connectivity index (χ0v) is 15.8. The molecule has 0 spiro atoms. The van der Waals surface area contributed by atoms with Crippen molar-refractivity contribution in [1.29, 1.82) is 0 Å². The Morgan fingerprint density at radius 2 is 1.77 bits per heavy atom. The second-order valence-electron chi connectivity index (χ2n) is 4.50. The largest absolute Gasteiger partial charge is 0.579 e. The number of phenols is 1. The highest BCUT2D eigenvalue weighted by Gasteiger charge is 2.15. The van der Waals surface area contributed by atoms with Crippen LogP contribution < -0.4 is 4.74 Å². The molecule has 6 heteroatoms. The van der Waals surface area contributed by atoms with Crippen molar-refractivity contribution in [3.8, 4) is 17.2 Å². The van der Waals surface area contributed by atoms with Crippen LogP contribution >= 0.6 is 45.2 Å². The van der Waals surface area contributed by atoms with Gasteiger partial charge in [0.1, 0.15) is 17.9 Å². The Labute approximate surface area is 155 Å². The predicted molar refractivity (Wildman–Crippen MR) is 101 cm³/mol. The molecule has 0 bridgehead atoms. The van der Waals surface area contributed by atoms with Crippen LogP contribution in [-0.2, 0) is 15.6 Å². The van der Waals surface area contributed by atoms with Crippen LogP contribution in [0.15, 0.2) is 36.4 Å². The van der Waals surface area contributed by atoms with Gasteiger partial charge in [-0.3, -0.25) is 4.42 Å². The van der Waals surface area contributed by atoms with Gasteiger partial charge in [0.25, 0.3) is 0 Å². The van der Waals surface area contributed by atoms with E-state index in [4.69, 9.17) is 4.74 Å². The molecule has 0 unspecified atom stereocenters. The molecule has 2 rings (SSSR count). The summed E-state index contributed by atoms with van der Waals surface area (Å²) >= 11 is 4.41. The Bertz CT molecular complexity index is 673. The Morgan fingerprint density at radius 1 is 1.18 bits per heavy atom. The topological polar surface area (TPSA) is 57.8 Å². The summed E-state index contributed by atoms with van der Waals surface area (Å²) in [6.45, 7) is 3.11. The van der Waals surface area contributed by atoms with E-state index in [1.807, 2.05) is 12.1 Å². The predicted octanol–water partition coefficient (Wildman–Crippen LogP) is 4.22. The van der Waals surface area contributed by atoms with Crippen LogP contribution in [0.4, 0.5) is 0 Å². The number of hydrogen-bond donors (Lipinski definition) is 1. The number of phenolic OH excluding ortho intramolecular Hbond substituents is 1. The summed E-state index contributed by atoms with van der Waals surface area (Å²) in [6, 6.07) is 10.5. The van der Waals surface area contributed by atoms with Gasteiger partial charge in [-0.15, -0.1) is 0 Å². The SMILES string of the molecule is C=[O+]C(=O)CCc1cc(I)c(Oc2ccc(O)cc2)c(I)c1. The van der Waals surface area contributed by atoms with Gasteiger partial charge >= 0.3 is 5.97 Å². The zero-order valence-electron chi connectivity index (χ0n) is 11.5. The van der Waals surface area contributed by atoms with E-state index in [0.29, 0.717) is 18.6 Å². The number of ether oxygens (including phenoxy) is 1. The molecular formula is C16H13I2O4+. The van der Waals surface area contributed by atoms with Gasteiger partial charge in [0.15, 0.2) is 12.5 Å². The molecule has 0 saturated heterocycles. The minimum Gasteiger partial charge on any atom is -0.508 e. The van der Waals surface area contributed by atoms with Crippen molar-refractivity contribution in [2.75, 3.05) is 0 Å². The number of carbonyl (C=O) groups is 1. The lowest BCUT2D eigenvalue weighted by atomic mass is 10.1. The third-order valence-electron chi connectivity index (χ3n) is 2.89. The van der Waals surface area contributed by atoms with Gasteiger partial charge in [-0.05, 0) is 93.6 Å². The van der Waals surface area contributed by atoms with Crippen molar-refractivity contribution >= 4 is 57.9 Å². The summed E-state index contributed by atoms with van der Waals surface area (Å²) < 4.78 is 12.2. The molecule has 114 valence electrons. The van der Waals surface area contributed by atoms with Crippen LogP contribution in [0.3, 0.4) is 0 Å². The van der Waals surface area contributed by atoms with Crippen LogP contribution in [0.25, 0.3) is 0 Å². The lowest BCUT2D eigenvalue weighted by molar-refractivity contribution is -0.368. The van der Waals surface area contributed by atoms with Crippen molar-refractivity contribution in [2.24, 2.45) is 0 Å². The second kappa shape index (κ2) is 7.91. The Kier molecular flexibility index (Phi) is 6.18. The monoisotopic (exact) mass is 523 g/mol. The smallest absolute Gasteiger partial charge is 0.508 e. The maximum absolute atomic E-state index is 11.2. The molecule has 0 amide bonds. The standard InChI is InChI=1S/C16H12I2O4/c1-21-15(20)7-2-10-8-13(17)16(14(18)9-10)22-12-5-3-11(19)4-6-12/h3-6,8-9H,1-2,7H2/p+1. The lowest BCUT2D eigenvalue weighted by Crippen LogP contribution is -2.00. The van der Waals surface area contributed by atoms with E-state index in [-0.39, 0.29) is 11.7 Å². The fourth-order valence-electron chi connectivity index (χ4n) is 1.80. The van der Waals surface area contributed by atoms with Crippen molar-refractivity contribution in [1.82, 2.24) is 0 Å². The summed E-state index contributed by atoms with van der Waals surface area (Å²) in [5, 5.41) is 9.29. The molecule has 0 saturated carbocycles. The van der Waals surface area contributed by atoms with Crippen LogP contribution in [-0.4, -0.2) is 17.9 Å². The third-order valence-corrected chi connectivity index (χ3v) is 4.50. The summed E-state index contributed by atoms with van der Waals surface area (Å²) in [5.41, 5.74) is 1.04. The van der Waals surface area contributed by atoms with Gasteiger partial charge in [-0.2, -0.15) is 0 Å². The average molecular weight is 523 g/mol. The van der Waals surface area contributed by atoms with Crippen LogP contribution in [0.5, 0.6) is 17.2 Å². The summed E-state index contributed by atoms with van der Waals surface area (Å²) in [5.74, 6) is 1.29. The van der Waals surface area contributed by atoms with E-state index in [1.165, 1.54) is 0 Å². The maximum Gasteiger partial charge on any atom is 0.579 e. The van der Waals surface area contributed by atoms with Crippen LogP contribution in [0.1, 0.15) is 12.0 Å². The molecule has 0 atom stereocenters. The second-order valence-corrected chi connectivity index (χ2v) is 6.83. The summed E-state index contributed by atoms with van der Waals surface area (Å²) in [7, 11) is 0. The Balaban J connectivity index is 2.17. The lowest BCUT2D eigenvalue weighted by Gasteiger charge is -2.11. The van der Waals surface area contributed by atoms with E-state index in [2.05, 4.69) is 56.4 Å². The summed E-state index contributed by atoms with van der Waals surface area (Å²) in [4.78, 5) is 11.2. The number of aromatic hydroxyl groups is 1. The summed E-state index contributed by atoms with van der Waals surface area (Å²) in [6.07, 6.45) is 0.896. The van der Waals surface area contributed by atoms with Gasteiger partial charge in [-0.1, -0.05) is 0 Å². The first-order valence-corrected chi connectivity index (χ1v) is 8.55. The number of carbonyl (C=O) groups excluding carboxylic acids is 2. The molecule has 0 aliphatic rings. The molecule has 2 aromatic rings. The van der Waals surface area contributed by atoms with Crippen LogP contribution in [0.2, 0.25) is 0 Å². The Morgan fingerprint density at radius 3 is 2.32 bits per heavy atom. The van der Waals surface area contributed by atoms with Gasteiger partial charge in [0.2, 0.25) is 0 Å². The fraction of sp³-hybridized carbons (Fsp3) is 0.125. The van der Waals surface area contributed by atoms with E-state index >= 15 is 0 Å². The molecule has 1 N–H and O–H groups in total. The highest BCUT2D eigenvalue weighted by Crippen LogP contribution is 2.33. The molecule has 2 aromatic carbocycles. The number of benzene rings is 2. The van der Waals surface area contributed by atoms with E-state index < -0.39 is 0 Å². The molecule has 0 radical (unpaired) electrons. The van der Waals surface area contributed by atoms with E-state index in [0.717, 1.165) is 18.5 Å². The molecule has 4 nitrogen and oxygen atoms in total. The minimum absolute atomic E-state index is 0.199. The van der Waals surface area contributed by atoms with Crippen molar-refractivity contribution in [3.63, 3.8) is 0 Å². The average Bonchev–Trinajstić information content (AvgIpc) is 2.50. The first-order valence-electron chi connectivity index (χ1n) is 6.39. The number of halogens is 2. The quantitative estimate of drug-likeness (QED) is 0.472. The molecule has 0 aliphatic carbocycles. The maximum atomic E-state index is 11.2. The zero-order chi connectivity index (χ0) is 16.1. The molecule has 0 fully saturated rings. The first kappa shape index (κ1) is 17.2. The van der Waals surface area contributed by atoms with Crippen LogP contribution in [0, 0.1) is 7.14 Å². The minimum atomic E-state index is -0.325. The molecule has 22 heavy (non-hydrogen) atoms. The number of aryl methyl sites for hydroxylation is 1. The Hall–Kier alpha value is -1.16. The molecule has 0 heterocycles. The van der Waals surface area contributed by atoms with Crippen molar-refractivity contribution in [2.45, 2.75) is 12.8 Å². The highest BCUT2D eigenvalue weighted by atomic mass is 127. The van der Waals surface area contributed by atoms with Gasteiger partial charge in [-0.25, -0.2) is 0 Å². The molecule has 0 aliphatic heterocycles. The number of rotatable bonds is 5. The third kappa shape index (κ3) is 4.67. The van der Waals surface area contributed by atoms with Crippen molar-refractivity contribution in [3.05, 3.63) is 49.1 Å². The van der Waals surface area contributed by atoms with Crippen molar-refractivity contribution < 1.29 is 19.1 Å². The molecular weight excluding hydrogens is 510 g/mol. The van der Waals surface area contributed by atoms with Gasteiger partial charge < -0.3 is 9.84 Å².